The van der Waals surface area contributed by atoms with Crippen molar-refractivity contribution in [1.82, 2.24) is 4.98 Å². The van der Waals surface area contributed by atoms with E-state index in [2.05, 4.69) is 4.98 Å². The molecule has 0 amide bonds. The van der Waals surface area contributed by atoms with Crippen LogP contribution in [0.1, 0.15) is 11.1 Å². The molecule has 0 radical (unpaired) electrons. The second kappa shape index (κ2) is 4.63. The SMILES string of the molecule is N#Cc1ccc2nc(-c3ccc(C(F)(F)F)cc3)oc2c1. The van der Waals surface area contributed by atoms with Gasteiger partial charge in [0.05, 0.1) is 17.2 Å². The minimum absolute atomic E-state index is 0.216. The summed E-state index contributed by atoms with van der Waals surface area (Å²) in [5, 5.41) is 8.81. The summed E-state index contributed by atoms with van der Waals surface area (Å²) in [5.74, 6) is 0.216. The first-order chi connectivity index (χ1) is 9.97. The Morgan fingerprint density at radius 1 is 1.05 bits per heavy atom. The molecule has 0 N–H and O–H groups in total. The lowest BCUT2D eigenvalue weighted by atomic mass is 10.1. The van der Waals surface area contributed by atoms with E-state index in [4.69, 9.17) is 9.68 Å². The molecule has 0 bridgehead atoms. The Balaban J connectivity index is 2.02. The molecule has 0 unspecified atom stereocenters. The average Bonchev–Trinajstić information content (AvgIpc) is 2.89. The lowest BCUT2D eigenvalue weighted by molar-refractivity contribution is -0.137. The van der Waals surface area contributed by atoms with Crippen LogP contribution in [0.4, 0.5) is 13.2 Å². The Bertz CT molecular complexity index is 842. The molecule has 0 fully saturated rings. The van der Waals surface area contributed by atoms with Crippen molar-refractivity contribution in [3.05, 3.63) is 53.6 Å². The molecule has 0 spiro atoms. The van der Waals surface area contributed by atoms with Crippen LogP contribution in [0.3, 0.4) is 0 Å². The van der Waals surface area contributed by atoms with Gasteiger partial charge < -0.3 is 4.42 Å². The number of halogens is 3. The highest BCUT2D eigenvalue weighted by Gasteiger charge is 2.30. The molecule has 3 nitrogen and oxygen atoms in total. The molecule has 1 heterocycles. The van der Waals surface area contributed by atoms with Crippen molar-refractivity contribution in [2.45, 2.75) is 6.18 Å². The molecule has 104 valence electrons. The fraction of sp³-hybridized carbons (Fsp3) is 0.0667. The third kappa shape index (κ3) is 2.46. The number of rotatable bonds is 1. The van der Waals surface area contributed by atoms with Crippen LogP contribution in [0.25, 0.3) is 22.6 Å². The van der Waals surface area contributed by atoms with Crippen LogP contribution in [-0.2, 0) is 6.18 Å². The van der Waals surface area contributed by atoms with E-state index in [9.17, 15) is 13.2 Å². The maximum Gasteiger partial charge on any atom is 0.416 e. The highest BCUT2D eigenvalue weighted by atomic mass is 19.4. The zero-order chi connectivity index (χ0) is 15.0. The summed E-state index contributed by atoms with van der Waals surface area (Å²) >= 11 is 0. The number of oxazole rings is 1. The second-order valence-corrected chi connectivity index (χ2v) is 4.39. The van der Waals surface area contributed by atoms with E-state index in [0.29, 0.717) is 22.2 Å². The van der Waals surface area contributed by atoms with Crippen molar-refractivity contribution >= 4 is 11.1 Å². The molecule has 0 atom stereocenters. The molecular weight excluding hydrogens is 281 g/mol. The maximum absolute atomic E-state index is 12.5. The van der Waals surface area contributed by atoms with Gasteiger partial charge in [-0.25, -0.2) is 4.98 Å². The van der Waals surface area contributed by atoms with E-state index < -0.39 is 11.7 Å². The lowest BCUT2D eigenvalue weighted by Gasteiger charge is -2.05. The average molecular weight is 288 g/mol. The van der Waals surface area contributed by atoms with Crippen molar-refractivity contribution in [3.63, 3.8) is 0 Å². The molecule has 0 saturated heterocycles. The number of aromatic nitrogens is 1. The van der Waals surface area contributed by atoms with Gasteiger partial charge in [-0.3, -0.25) is 0 Å². The van der Waals surface area contributed by atoms with E-state index in [1.807, 2.05) is 6.07 Å². The number of benzene rings is 2. The summed E-state index contributed by atoms with van der Waals surface area (Å²) in [4.78, 5) is 4.19. The first-order valence-corrected chi connectivity index (χ1v) is 5.96. The molecule has 3 aromatic rings. The van der Waals surface area contributed by atoms with Gasteiger partial charge in [-0.2, -0.15) is 18.4 Å². The zero-order valence-corrected chi connectivity index (χ0v) is 10.5. The zero-order valence-electron chi connectivity index (χ0n) is 10.5. The smallest absolute Gasteiger partial charge is 0.416 e. The van der Waals surface area contributed by atoms with Gasteiger partial charge in [-0.15, -0.1) is 0 Å². The summed E-state index contributed by atoms with van der Waals surface area (Å²) in [6, 6.07) is 11.3. The van der Waals surface area contributed by atoms with Gasteiger partial charge >= 0.3 is 6.18 Å². The van der Waals surface area contributed by atoms with Crippen LogP contribution in [0.5, 0.6) is 0 Å². The van der Waals surface area contributed by atoms with Crippen LogP contribution in [0.15, 0.2) is 46.9 Å². The molecule has 0 saturated carbocycles. The Labute approximate surface area is 117 Å². The van der Waals surface area contributed by atoms with Crippen LogP contribution in [-0.4, -0.2) is 4.98 Å². The number of hydrogen-bond acceptors (Lipinski definition) is 3. The predicted octanol–water partition coefficient (Wildman–Crippen LogP) is 4.39. The maximum atomic E-state index is 12.5. The molecule has 2 aromatic carbocycles. The van der Waals surface area contributed by atoms with Crippen molar-refractivity contribution in [2.75, 3.05) is 0 Å². The Morgan fingerprint density at radius 3 is 2.38 bits per heavy atom. The fourth-order valence-electron chi connectivity index (χ4n) is 1.92. The molecule has 0 aliphatic heterocycles. The summed E-state index contributed by atoms with van der Waals surface area (Å²) in [7, 11) is 0. The molecule has 21 heavy (non-hydrogen) atoms. The molecule has 1 aromatic heterocycles. The van der Waals surface area contributed by atoms with Gasteiger partial charge in [0.2, 0.25) is 5.89 Å². The van der Waals surface area contributed by atoms with E-state index in [-0.39, 0.29) is 5.89 Å². The summed E-state index contributed by atoms with van der Waals surface area (Å²) in [6.07, 6.45) is -4.37. The van der Waals surface area contributed by atoms with Crippen molar-refractivity contribution in [3.8, 4) is 17.5 Å². The molecule has 3 rings (SSSR count). The van der Waals surface area contributed by atoms with Crippen LogP contribution in [0.2, 0.25) is 0 Å². The minimum atomic E-state index is -4.37. The first kappa shape index (κ1) is 13.2. The normalized spacial score (nSPS) is 11.5. The van der Waals surface area contributed by atoms with Gasteiger partial charge in [-0.05, 0) is 36.4 Å². The highest BCUT2D eigenvalue weighted by molar-refractivity contribution is 5.77. The molecule has 0 aliphatic rings. The molecular formula is C15H7F3N2O. The summed E-state index contributed by atoms with van der Waals surface area (Å²) < 4.78 is 43.0. The minimum Gasteiger partial charge on any atom is -0.436 e. The Morgan fingerprint density at radius 2 is 1.76 bits per heavy atom. The first-order valence-electron chi connectivity index (χ1n) is 5.96. The predicted molar refractivity (Wildman–Crippen MR) is 69.2 cm³/mol. The van der Waals surface area contributed by atoms with Crippen molar-refractivity contribution < 1.29 is 17.6 Å². The lowest BCUT2D eigenvalue weighted by Crippen LogP contribution is -2.03. The number of nitrogens with zero attached hydrogens (tertiary/aromatic N) is 2. The molecule has 0 aliphatic carbocycles. The fourth-order valence-corrected chi connectivity index (χ4v) is 1.92. The number of alkyl halides is 3. The third-order valence-corrected chi connectivity index (χ3v) is 2.98. The van der Waals surface area contributed by atoms with E-state index in [1.54, 1.807) is 12.1 Å². The number of fused-ring (bicyclic) bond motifs is 1. The third-order valence-electron chi connectivity index (χ3n) is 2.98. The van der Waals surface area contributed by atoms with Gasteiger partial charge in [0.25, 0.3) is 0 Å². The highest BCUT2D eigenvalue weighted by Crippen LogP contribution is 2.31. The number of hydrogen-bond donors (Lipinski definition) is 0. The van der Waals surface area contributed by atoms with E-state index in [1.165, 1.54) is 18.2 Å². The van der Waals surface area contributed by atoms with Crippen LogP contribution < -0.4 is 0 Å². The topological polar surface area (TPSA) is 49.8 Å². The van der Waals surface area contributed by atoms with Gasteiger partial charge in [0.1, 0.15) is 5.52 Å². The Hall–Kier alpha value is -2.81. The van der Waals surface area contributed by atoms with Crippen molar-refractivity contribution in [2.24, 2.45) is 0 Å². The standard InChI is InChI=1S/C15H7F3N2O/c16-15(17,18)11-4-2-10(3-5-11)14-20-12-6-1-9(8-19)7-13(12)21-14/h1-7H. The monoisotopic (exact) mass is 288 g/mol. The largest absolute Gasteiger partial charge is 0.436 e. The Kier molecular flexibility index (Phi) is 2.91. The molecule has 6 heteroatoms. The summed E-state index contributed by atoms with van der Waals surface area (Å²) in [5.41, 5.74) is 1.11. The van der Waals surface area contributed by atoms with E-state index in [0.717, 1.165) is 12.1 Å². The number of nitriles is 1. The van der Waals surface area contributed by atoms with Crippen LogP contribution in [0, 0.1) is 11.3 Å². The van der Waals surface area contributed by atoms with Gasteiger partial charge in [0, 0.05) is 11.6 Å². The summed E-state index contributed by atoms with van der Waals surface area (Å²) in [6.45, 7) is 0. The van der Waals surface area contributed by atoms with Crippen LogP contribution >= 0.6 is 0 Å². The second-order valence-electron chi connectivity index (χ2n) is 4.39. The van der Waals surface area contributed by atoms with Gasteiger partial charge in [0.15, 0.2) is 5.58 Å². The van der Waals surface area contributed by atoms with Crippen molar-refractivity contribution in [1.29, 1.82) is 5.26 Å². The van der Waals surface area contributed by atoms with Gasteiger partial charge in [-0.1, -0.05) is 0 Å². The van der Waals surface area contributed by atoms with E-state index >= 15 is 0 Å². The quantitative estimate of drug-likeness (QED) is 0.667.